The molecule has 8 heteroatoms. The second kappa shape index (κ2) is 7.68. The lowest BCUT2D eigenvalue weighted by Crippen LogP contribution is -2.37. The Balaban J connectivity index is 1.91. The lowest BCUT2D eigenvalue weighted by atomic mass is 10.2. The van der Waals surface area contributed by atoms with Crippen molar-refractivity contribution < 1.29 is 14.2 Å². The standard InChI is InChI=1S/C17H19N5O3/c1-23-14-4-3-12(9-15(14)24-2)21-16-13(10-18)17(20-11-19-16)22-5-7-25-8-6-22/h3-4,9,11H,5-8H2,1-2H3,(H,19,20,21). The predicted molar refractivity (Wildman–Crippen MR) is 92.6 cm³/mol. The molecule has 8 nitrogen and oxygen atoms in total. The molecule has 25 heavy (non-hydrogen) atoms. The minimum absolute atomic E-state index is 0.402. The third-order valence-electron chi connectivity index (χ3n) is 3.90. The van der Waals surface area contributed by atoms with Crippen LogP contribution in [0.25, 0.3) is 0 Å². The van der Waals surface area contributed by atoms with E-state index in [1.54, 1.807) is 26.4 Å². The first-order valence-corrected chi connectivity index (χ1v) is 7.83. The number of nitrogens with one attached hydrogen (secondary N) is 1. The summed E-state index contributed by atoms with van der Waals surface area (Å²) in [5.41, 5.74) is 1.14. The molecule has 0 spiro atoms. The van der Waals surface area contributed by atoms with Gasteiger partial charge in [0.25, 0.3) is 0 Å². The van der Waals surface area contributed by atoms with Gasteiger partial charge in [0.2, 0.25) is 0 Å². The summed E-state index contributed by atoms with van der Waals surface area (Å²) in [6.45, 7) is 2.63. The molecule has 0 amide bonds. The van der Waals surface area contributed by atoms with Crippen molar-refractivity contribution in [1.82, 2.24) is 9.97 Å². The van der Waals surface area contributed by atoms with Crippen molar-refractivity contribution >= 4 is 17.3 Å². The van der Waals surface area contributed by atoms with Crippen LogP contribution in [-0.2, 0) is 4.74 Å². The number of ether oxygens (including phenoxy) is 3. The van der Waals surface area contributed by atoms with E-state index in [9.17, 15) is 5.26 Å². The number of anilines is 3. The maximum Gasteiger partial charge on any atom is 0.162 e. The molecule has 1 saturated heterocycles. The van der Waals surface area contributed by atoms with Gasteiger partial charge in [0.15, 0.2) is 23.1 Å². The summed E-state index contributed by atoms with van der Waals surface area (Å²) < 4.78 is 15.9. The topological polar surface area (TPSA) is 92.5 Å². The first kappa shape index (κ1) is 16.8. The number of hydrogen-bond acceptors (Lipinski definition) is 8. The monoisotopic (exact) mass is 341 g/mol. The SMILES string of the molecule is COc1ccc(Nc2ncnc(N3CCOCC3)c2C#N)cc1OC. The van der Waals surface area contributed by atoms with Crippen molar-refractivity contribution in [2.45, 2.75) is 0 Å². The third kappa shape index (κ3) is 3.56. The van der Waals surface area contributed by atoms with Crippen LogP contribution in [-0.4, -0.2) is 50.5 Å². The zero-order chi connectivity index (χ0) is 17.6. The van der Waals surface area contributed by atoms with Crippen LogP contribution < -0.4 is 19.7 Å². The van der Waals surface area contributed by atoms with E-state index in [1.807, 2.05) is 11.0 Å². The molecule has 0 unspecified atom stereocenters. The van der Waals surface area contributed by atoms with Crippen LogP contribution in [0.15, 0.2) is 24.5 Å². The molecule has 130 valence electrons. The largest absolute Gasteiger partial charge is 0.493 e. The average Bonchev–Trinajstić information content (AvgIpc) is 2.68. The van der Waals surface area contributed by atoms with Crippen LogP contribution >= 0.6 is 0 Å². The van der Waals surface area contributed by atoms with Crippen LogP contribution in [0.5, 0.6) is 11.5 Å². The molecule has 0 aliphatic carbocycles. The van der Waals surface area contributed by atoms with Crippen LogP contribution in [0.2, 0.25) is 0 Å². The summed E-state index contributed by atoms with van der Waals surface area (Å²) in [4.78, 5) is 10.5. The highest BCUT2D eigenvalue weighted by Crippen LogP contribution is 2.32. The molecule has 1 aliphatic rings. The Labute approximate surface area is 146 Å². The number of nitriles is 1. The zero-order valence-corrected chi connectivity index (χ0v) is 14.2. The molecule has 0 saturated carbocycles. The first-order chi connectivity index (χ1) is 12.3. The van der Waals surface area contributed by atoms with Crippen molar-refractivity contribution in [3.05, 3.63) is 30.1 Å². The normalized spacial score (nSPS) is 13.9. The van der Waals surface area contributed by atoms with E-state index in [2.05, 4.69) is 21.4 Å². The Morgan fingerprint density at radius 2 is 1.92 bits per heavy atom. The van der Waals surface area contributed by atoms with Gasteiger partial charge in [-0.3, -0.25) is 0 Å². The van der Waals surface area contributed by atoms with E-state index in [0.717, 1.165) is 5.69 Å². The fourth-order valence-corrected chi connectivity index (χ4v) is 2.64. The molecule has 1 fully saturated rings. The molecule has 0 radical (unpaired) electrons. The number of morpholine rings is 1. The van der Waals surface area contributed by atoms with Gasteiger partial charge in [-0.15, -0.1) is 0 Å². The lowest BCUT2D eigenvalue weighted by molar-refractivity contribution is 0.122. The van der Waals surface area contributed by atoms with E-state index in [0.29, 0.717) is 55.0 Å². The Morgan fingerprint density at radius 1 is 1.16 bits per heavy atom. The number of methoxy groups -OCH3 is 2. The van der Waals surface area contributed by atoms with Gasteiger partial charge in [-0.2, -0.15) is 5.26 Å². The number of nitrogens with zero attached hydrogens (tertiary/aromatic N) is 4. The van der Waals surface area contributed by atoms with Crippen LogP contribution in [0.4, 0.5) is 17.3 Å². The molecule has 2 heterocycles. The summed E-state index contributed by atoms with van der Waals surface area (Å²) in [5, 5.41) is 12.8. The summed E-state index contributed by atoms with van der Waals surface area (Å²) in [7, 11) is 3.15. The van der Waals surface area contributed by atoms with Gasteiger partial charge in [-0.25, -0.2) is 9.97 Å². The summed E-state index contributed by atoms with van der Waals surface area (Å²) in [6, 6.07) is 7.62. The van der Waals surface area contributed by atoms with Gasteiger partial charge in [-0.1, -0.05) is 0 Å². The minimum atomic E-state index is 0.402. The van der Waals surface area contributed by atoms with E-state index in [1.165, 1.54) is 6.33 Å². The molecular weight excluding hydrogens is 322 g/mol. The Kier molecular flexibility index (Phi) is 5.16. The van der Waals surface area contributed by atoms with Crippen LogP contribution in [0.3, 0.4) is 0 Å². The number of hydrogen-bond donors (Lipinski definition) is 1. The summed E-state index contributed by atoms with van der Waals surface area (Å²) in [5.74, 6) is 2.29. The van der Waals surface area contributed by atoms with Gasteiger partial charge < -0.3 is 24.4 Å². The van der Waals surface area contributed by atoms with Gasteiger partial charge in [0, 0.05) is 24.8 Å². The molecule has 1 N–H and O–H groups in total. The van der Waals surface area contributed by atoms with Crippen molar-refractivity contribution in [2.75, 3.05) is 50.7 Å². The quantitative estimate of drug-likeness (QED) is 0.882. The highest BCUT2D eigenvalue weighted by atomic mass is 16.5. The van der Waals surface area contributed by atoms with Crippen molar-refractivity contribution in [1.29, 1.82) is 5.26 Å². The van der Waals surface area contributed by atoms with E-state index >= 15 is 0 Å². The highest BCUT2D eigenvalue weighted by Gasteiger charge is 2.19. The number of aromatic nitrogens is 2. The molecule has 0 bridgehead atoms. The molecule has 1 aliphatic heterocycles. The van der Waals surface area contributed by atoms with Gasteiger partial charge in [0.1, 0.15) is 18.0 Å². The summed E-state index contributed by atoms with van der Waals surface area (Å²) in [6.07, 6.45) is 1.45. The van der Waals surface area contributed by atoms with Crippen molar-refractivity contribution in [3.63, 3.8) is 0 Å². The smallest absolute Gasteiger partial charge is 0.162 e. The fourth-order valence-electron chi connectivity index (χ4n) is 2.64. The van der Waals surface area contributed by atoms with Gasteiger partial charge in [-0.05, 0) is 12.1 Å². The molecule has 2 aromatic rings. The Morgan fingerprint density at radius 3 is 2.60 bits per heavy atom. The second-order valence-corrected chi connectivity index (χ2v) is 5.33. The number of rotatable bonds is 5. The van der Waals surface area contributed by atoms with E-state index in [4.69, 9.17) is 14.2 Å². The summed E-state index contributed by atoms with van der Waals surface area (Å²) >= 11 is 0. The third-order valence-corrected chi connectivity index (χ3v) is 3.90. The van der Waals surface area contributed by atoms with E-state index in [-0.39, 0.29) is 0 Å². The Hall–Kier alpha value is -3.05. The molecule has 1 aromatic carbocycles. The van der Waals surface area contributed by atoms with E-state index < -0.39 is 0 Å². The first-order valence-electron chi connectivity index (χ1n) is 7.83. The number of benzene rings is 1. The Bertz CT molecular complexity index is 784. The predicted octanol–water partition coefficient (Wildman–Crippen LogP) is 1.95. The van der Waals surface area contributed by atoms with Crippen LogP contribution in [0, 0.1) is 11.3 Å². The zero-order valence-electron chi connectivity index (χ0n) is 14.2. The van der Waals surface area contributed by atoms with Gasteiger partial charge in [0.05, 0.1) is 27.4 Å². The highest BCUT2D eigenvalue weighted by molar-refractivity contribution is 5.71. The minimum Gasteiger partial charge on any atom is -0.493 e. The molecule has 0 atom stereocenters. The second-order valence-electron chi connectivity index (χ2n) is 5.33. The molecule has 1 aromatic heterocycles. The van der Waals surface area contributed by atoms with Crippen molar-refractivity contribution in [2.24, 2.45) is 0 Å². The maximum atomic E-state index is 9.62. The van der Waals surface area contributed by atoms with Crippen LogP contribution in [0.1, 0.15) is 5.56 Å². The maximum absolute atomic E-state index is 9.62. The molecular formula is C17H19N5O3. The van der Waals surface area contributed by atoms with Crippen molar-refractivity contribution in [3.8, 4) is 17.6 Å². The lowest BCUT2D eigenvalue weighted by Gasteiger charge is -2.28. The molecule has 3 rings (SSSR count). The fraction of sp³-hybridized carbons (Fsp3) is 0.353. The van der Waals surface area contributed by atoms with Gasteiger partial charge >= 0.3 is 0 Å². The average molecular weight is 341 g/mol.